The van der Waals surface area contributed by atoms with Crippen LogP contribution in [0.4, 0.5) is 0 Å². The standard InChI is InChI=1S/C9H10N2O2/c1-13-9(12)5-2-4-8-10-6-3-7-11-8/h2-4,6-7H,5H2,1H3. The number of nitrogens with zero attached hydrogens (tertiary/aromatic N) is 2. The molecule has 4 heteroatoms. The maximum absolute atomic E-state index is 10.7. The fourth-order valence-corrected chi connectivity index (χ4v) is 0.741. The highest BCUT2D eigenvalue weighted by atomic mass is 16.5. The average Bonchev–Trinajstić information content (AvgIpc) is 2.19. The fraction of sp³-hybridized carbons (Fsp3) is 0.222. The average molecular weight is 178 g/mol. The van der Waals surface area contributed by atoms with Crippen LogP contribution in [0.5, 0.6) is 0 Å². The van der Waals surface area contributed by atoms with Gasteiger partial charge in [-0.25, -0.2) is 9.97 Å². The van der Waals surface area contributed by atoms with E-state index in [0.29, 0.717) is 5.82 Å². The Kier molecular flexibility index (Phi) is 3.63. The number of rotatable bonds is 3. The molecule has 0 amide bonds. The first kappa shape index (κ1) is 9.38. The molecule has 0 spiro atoms. The van der Waals surface area contributed by atoms with Gasteiger partial charge in [-0.15, -0.1) is 0 Å². The summed E-state index contributed by atoms with van der Waals surface area (Å²) in [5, 5.41) is 0. The van der Waals surface area contributed by atoms with E-state index in [-0.39, 0.29) is 12.4 Å². The number of hydrogen-bond acceptors (Lipinski definition) is 4. The van der Waals surface area contributed by atoms with Crippen molar-refractivity contribution in [1.82, 2.24) is 9.97 Å². The van der Waals surface area contributed by atoms with Crippen molar-refractivity contribution in [3.8, 4) is 0 Å². The van der Waals surface area contributed by atoms with Crippen LogP contribution in [-0.4, -0.2) is 23.0 Å². The van der Waals surface area contributed by atoms with Gasteiger partial charge < -0.3 is 4.74 Å². The molecule has 0 N–H and O–H groups in total. The Morgan fingerprint density at radius 3 is 2.85 bits per heavy atom. The van der Waals surface area contributed by atoms with Crippen molar-refractivity contribution in [2.75, 3.05) is 7.11 Å². The molecular weight excluding hydrogens is 168 g/mol. The van der Waals surface area contributed by atoms with Crippen molar-refractivity contribution < 1.29 is 9.53 Å². The lowest BCUT2D eigenvalue weighted by molar-refractivity contribution is -0.139. The van der Waals surface area contributed by atoms with Crippen LogP contribution in [0.2, 0.25) is 0 Å². The van der Waals surface area contributed by atoms with E-state index in [1.165, 1.54) is 7.11 Å². The Balaban J connectivity index is 2.45. The minimum atomic E-state index is -0.271. The van der Waals surface area contributed by atoms with E-state index >= 15 is 0 Å². The van der Waals surface area contributed by atoms with Gasteiger partial charge in [0.2, 0.25) is 0 Å². The van der Waals surface area contributed by atoms with Crippen LogP contribution >= 0.6 is 0 Å². The van der Waals surface area contributed by atoms with Gasteiger partial charge in [-0.05, 0) is 12.1 Å². The van der Waals surface area contributed by atoms with Crippen LogP contribution in [0.1, 0.15) is 12.2 Å². The SMILES string of the molecule is COC(=O)CC=Cc1ncccn1. The molecule has 4 nitrogen and oxygen atoms in total. The van der Waals surface area contributed by atoms with Crippen LogP contribution in [-0.2, 0) is 9.53 Å². The van der Waals surface area contributed by atoms with Crippen LogP contribution in [0.15, 0.2) is 24.5 Å². The molecule has 1 aromatic heterocycles. The number of esters is 1. The monoisotopic (exact) mass is 178 g/mol. The predicted octanol–water partition coefficient (Wildman–Crippen LogP) is 1.05. The summed E-state index contributed by atoms with van der Waals surface area (Å²) in [6, 6.07) is 1.73. The van der Waals surface area contributed by atoms with Gasteiger partial charge in [-0.2, -0.15) is 0 Å². The summed E-state index contributed by atoms with van der Waals surface area (Å²) in [6.45, 7) is 0. The summed E-state index contributed by atoms with van der Waals surface area (Å²) < 4.78 is 4.46. The second-order valence-electron chi connectivity index (χ2n) is 2.29. The third-order valence-corrected chi connectivity index (χ3v) is 1.36. The third kappa shape index (κ3) is 3.46. The molecule has 13 heavy (non-hydrogen) atoms. The van der Waals surface area contributed by atoms with E-state index in [2.05, 4.69) is 14.7 Å². The van der Waals surface area contributed by atoms with E-state index in [4.69, 9.17) is 0 Å². The normalized spacial score (nSPS) is 10.2. The van der Waals surface area contributed by atoms with Crippen molar-refractivity contribution >= 4 is 12.0 Å². The van der Waals surface area contributed by atoms with E-state index in [9.17, 15) is 4.79 Å². The van der Waals surface area contributed by atoms with E-state index in [1.54, 1.807) is 30.6 Å². The second-order valence-corrected chi connectivity index (χ2v) is 2.29. The number of carbonyl (C=O) groups excluding carboxylic acids is 1. The first-order valence-electron chi connectivity index (χ1n) is 3.83. The van der Waals surface area contributed by atoms with E-state index in [1.807, 2.05) is 0 Å². The molecule has 0 aromatic carbocycles. The maximum atomic E-state index is 10.7. The minimum Gasteiger partial charge on any atom is -0.469 e. The molecule has 0 aliphatic rings. The van der Waals surface area contributed by atoms with Crippen LogP contribution in [0, 0.1) is 0 Å². The molecule has 0 bridgehead atoms. The molecule has 1 aromatic rings. The fourth-order valence-electron chi connectivity index (χ4n) is 0.741. The molecule has 0 fully saturated rings. The predicted molar refractivity (Wildman–Crippen MR) is 47.7 cm³/mol. The summed E-state index contributed by atoms with van der Waals surface area (Å²) in [5.74, 6) is 0.318. The third-order valence-electron chi connectivity index (χ3n) is 1.36. The first-order valence-corrected chi connectivity index (χ1v) is 3.83. The zero-order chi connectivity index (χ0) is 9.52. The molecular formula is C9H10N2O2. The summed E-state index contributed by atoms with van der Waals surface area (Å²) in [4.78, 5) is 18.6. The lowest BCUT2D eigenvalue weighted by atomic mass is 10.3. The Labute approximate surface area is 76.3 Å². The minimum absolute atomic E-state index is 0.245. The molecule has 0 unspecified atom stereocenters. The lowest BCUT2D eigenvalue weighted by Crippen LogP contribution is -1.96. The van der Waals surface area contributed by atoms with Crippen molar-refractivity contribution in [2.45, 2.75) is 6.42 Å². The van der Waals surface area contributed by atoms with Gasteiger partial charge in [0.05, 0.1) is 13.5 Å². The molecule has 1 rings (SSSR count). The number of ether oxygens (including phenoxy) is 1. The molecule has 68 valence electrons. The molecule has 0 radical (unpaired) electrons. The summed E-state index contributed by atoms with van der Waals surface area (Å²) in [6.07, 6.45) is 6.88. The van der Waals surface area contributed by atoms with Gasteiger partial charge in [0.1, 0.15) is 0 Å². The zero-order valence-electron chi connectivity index (χ0n) is 7.30. The van der Waals surface area contributed by atoms with Crippen molar-refractivity contribution in [1.29, 1.82) is 0 Å². The number of methoxy groups -OCH3 is 1. The van der Waals surface area contributed by atoms with Gasteiger partial charge in [0.15, 0.2) is 5.82 Å². The van der Waals surface area contributed by atoms with Crippen LogP contribution in [0.3, 0.4) is 0 Å². The number of carbonyl (C=O) groups is 1. The smallest absolute Gasteiger partial charge is 0.309 e. The molecule has 0 aliphatic heterocycles. The summed E-state index contributed by atoms with van der Waals surface area (Å²) in [7, 11) is 1.36. The summed E-state index contributed by atoms with van der Waals surface area (Å²) >= 11 is 0. The van der Waals surface area contributed by atoms with Crippen LogP contribution < -0.4 is 0 Å². The van der Waals surface area contributed by atoms with E-state index < -0.39 is 0 Å². The molecule has 1 heterocycles. The van der Waals surface area contributed by atoms with Crippen molar-refractivity contribution in [3.05, 3.63) is 30.4 Å². The summed E-state index contributed by atoms with van der Waals surface area (Å²) in [5.41, 5.74) is 0. The van der Waals surface area contributed by atoms with E-state index in [0.717, 1.165) is 0 Å². The molecule has 0 saturated heterocycles. The van der Waals surface area contributed by atoms with Gasteiger partial charge in [0, 0.05) is 12.4 Å². The number of hydrogen-bond donors (Lipinski definition) is 0. The maximum Gasteiger partial charge on any atom is 0.309 e. The number of aromatic nitrogens is 2. The largest absolute Gasteiger partial charge is 0.469 e. The van der Waals surface area contributed by atoms with Gasteiger partial charge in [-0.3, -0.25) is 4.79 Å². The molecule has 0 saturated carbocycles. The lowest BCUT2D eigenvalue weighted by Gasteiger charge is -1.91. The quantitative estimate of drug-likeness (QED) is 0.649. The van der Waals surface area contributed by atoms with Crippen LogP contribution in [0.25, 0.3) is 6.08 Å². The Morgan fingerprint density at radius 1 is 1.54 bits per heavy atom. The first-order chi connectivity index (χ1) is 6.33. The Hall–Kier alpha value is -1.71. The van der Waals surface area contributed by atoms with Gasteiger partial charge >= 0.3 is 5.97 Å². The topological polar surface area (TPSA) is 52.1 Å². The Morgan fingerprint density at radius 2 is 2.23 bits per heavy atom. The Bertz CT molecular complexity index is 296. The zero-order valence-corrected chi connectivity index (χ0v) is 7.30. The van der Waals surface area contributed by atoms with Gasteiger partial charge in [0.25, 0.3) is 0 Å². The molecule has 0 aliphatic carbocycles. The van der Waals surface area contributed by atoms with Gasteiger partial charge in [-0.1, -0.05) is 6.08 Å². The molecule has 0 atom stereocenters. The van der Waals surface area contributed by atoms with Crippen molar-refractivity contribution in [2.24, 2.45) is 0 Å². The highest BCUT2D eigenvalue weighted by Gasteiger charge is 1.94. The van der Waals surface area contributed by atoms with Crippen molar-refractivity contribution in [3.63, 3.8) is 0 Å². The second kappa shape index (κ2) is 5.03. The highest BCUT2D eigenvalue weighted by molar-refractivity contribution is 5.72. The highest BCUT2D eigenvalue weighted by Crippen LogP contribution is 1.94.